The number of carboxylic acid groups (broad SMARTS) is 1. The molecule has 1 amide bonds. The van der Waals surface area contributed by atoms with Crippen molar-refractivity contribution < 1.29 is 24.0 Å². The molecule has 2 rings (SSSR count). The van der Waals surface area contributed by atoms with Crippen molar-refractivity contribution >= 4 is 11.9 Å². The van der Waals surface area contributed by atoms with Crippen LogP contribution in [-0.2, 0) is 4.79 Å². The van der Waals surface area contributed by atoms with Crippen LogP contribution < -0.4 is 4.74 Å². The minimum atomic E-state index is -0.994. The van der Waals surface area contributed by atoms with E-state index in [-0.39, 0.29) is 17.6 Å². The average molecular weight is 268 g/mol. The summed E-state index contributed by atoms with van der Waals surface area (Å²) in [6.07, 6.45) is 1.23. The lowest BCUT2D eigenvalue weighted by atomic mass is 9.92. The number of aromatic nitrogens is 1. The van der Waals surface area contributed by atoms with Crippen LogP contribution in [0.5, 0.6) is 5.88 Å². The van der Waals surface area contributed by atoms with Gasteiger partial charge in [-0.05, 0) is 23.9 Å². The number of ether oxygens (including phenoxy) is 1. The van der Waals surface area contributed by atoms with Crippen LogP contribution in [0, 0.1) is 5.92 Å². The molecule has 2 atom stereocenters. The largest absolute Gasteiger partial charge is 0.480 e. The lowest BCUT2D eigenvalue weighted by molar-refractivity contribution is -0.144. The maximum absolute atomic E-state index is 12.2. The second kappa shape index (κ2) is 5.29. The summed E-state index contributed by atoms with van der Waals surface area (Å²) in [5.74, 6) is -0.978. The Hall–Kier alpha value is -2.05. The van der Waals surface area contributed by atoms with Crippen LogP contribution in [0.4, 0.5) is 0 Å². The molecule has 2 unspecified atom stereocenters. The molecule has 1 aromatic rings. The molecular formula is C12H16N2O5. The molecule has 104 valence electrons. The van der Waals surface area contributed by atoms with Crippen LogP contribution in [-0.4, -0.2) is 46.7 Å². The molecule has 1 saturated heterocycles. The first-order valence-electron chi connectivity index (χ1n) is 6.07. The Balaban J connectivity index is 2.18. The molecule has 1 aliphatic rings. The van der Waals surface area contributed by atoms with Crippen LogP contribution in [0.15, 0.2) is 10.6 Å². The summed E-state index contributed by atoms with van der Waals surface area (Å²) in [7, 11) is 1.41. The fourth-order valence-electron chi connectivity index (χ4n) is 2.22. The summed E-state index contributed by atoms with van der Waals surface area (Å²) in [6, 6.07) is 0.548. The standard InChI is InChI=1S/C12H16N2O5/c1-7-3-4-14(8(5-7)12(16)17)11(15)9-6-10(18-2)13-19-9/h6-8H,3-5H2,1-2H3,(H,16,17). The molecule has 1 fully saturated rings. The van der Waals surface area contributed by atoms with E-state index in [9.17, 15) is 14.7 Å². The van der Waals surface area contributed by atoms with Crippen LogP contribution in [0.2, 0.25) is 0 Å². The lowest BCUT2D eigenvalue weighted by Gasteiger charge is -2.35. The van der Waals surface area contributed by atoms with E-state index in [1.54, 1.807) is 0 Å². The van der Waals surface area contributed by atoms with Gasteiger partial charge in [-0.15, -0.1) is 0 Å². The van der Waals surface area contributed by atoms with Gasteiger partial charge in [0, 0.05) is 6.54 Å². The first-order valence-corrected chi connectivity index (χ1v) is 6.07. The molecule has 0 aliphatic carbocycles. The van der Waals surface area contributed by atoms with Crippen molar-refractivity contribution in [3.63, 3.8) is 0 Å². The topological polar surface area (TPSA) is 92.9 Å². The average Bonchev–Trinajstić information content (AvgIpc) is 2.86. The Morgan fingerprint density at radius 2 is 2.32 bits per heavy atom. The molecule has 1 aromatic heterocycles. The van der Waals surface area contributed by atoms with E-state index in [2.05, 4.69) is 5.16 Å². The Morgan fingerprint density at radius 3 is 2.89 bits per heavy atom. The van der Waals surface area contributed by atoms with Gasteiger partial charge >= 0.3 is 5.97 Å². The Morgan fingerprint density at radius 1 is 1.58 bits per heavy atom. The molecule has 1 N–H and O–H groups in total. The van der Waals surface area contributed by atoms with E-state index in [1.807, 2.05) is 6.92 Å². The van der Waals surface area contributed by atoms with Crippen LogP contribution in [0.3, 0.4) is 0 Å². The van der Waals surface area contributed by atoms with E-state index in [4.69, 9.17) is 9.26 Å². The van der Waals surface area contributed by atoms with Gasteiger partial charge in [-0.1, -0.05) is 6.92 Å². The summed E-state index contributed by atoms with van der Waals surface area (Å²) in [5.41, 5.74) is 0. The fraction of sp³-hybridized carbons (Fsp3) is 0.583. The number of carbonyl (C=O) groups excluding carboxylic acids is 1. The second-order valence-corrected chi connectivity index (χ2v) is 4.72. The number of piperidine rings is 1. The van der Waals surface area contributed by atoms with Crippen molar-refractivity contribution in [2.45, 2.75) is 25.8 Å². The molecule has 0 radical (unpaired) electrons. The van der Waals surface area contributed by atoms with Gasteiger partial charge in [0.25, 0.3) is 11.8 Å². The third-order valence-corrected chi connectivity index (χ3v) is 3.32. The van der Waals surface area contributed by atoms with E-state index < -0.39 is 17.9 Å². The molecule has 2 heterocycles. The summed E-state index contributed by atoms with van der Waals surface area (Å²) >= 11 is 0. The zero-order chi connectivity index (χ0) is 14.0. The van der Waals surface area contributed by atoms with Gasteiger partial charge in [0.1, 0.15) is 6.04 Å². The number of amides is 1. The highest BCUT2D eigenvalue weighted by molar-refractivity contribution is 5.94. The maximum Gasteiger partial charge on any atom is 0.326 e. The summed E-state index contributed by atoms with van der Waals surface area (Å²) < 4.78 is 9.70. The third-order valence-electron chi connectivity index (χ3n) is 3.32. The number of likely N-dealkylation sites (tertiary alicyclic amines) is 1. The van der Waals surface area contributed by atoms with Crippen LogP contribution in [0.25, 0.3) is 0 Å². The van der Waals surface area contributed by atoms with E-state index in [0.29, 0.717) is 13.0 Å². The normalized spacial score (nSPS) is 23.2. The summed E-state index contributed by atoms with van der Waals surface area (Å²) in [6.45, 7) is 2.38. The SMILES string of the molecule is COc1cc(C(=O)N2CCC(C)CC2C(=O)O)on1. The van der Waals surface area contributed by atoms with Crippen LogP contribution in [0.1, 0.15) is 30.3 Å². The Bertz CT molecular complexity index is 484. The number of nitrogens with zero attached hydrogens (tertiary/aromatic N) is 2. The first kappa shape index (κ1) is 13.4. The molecule has 0 spiro atoms. The monoisotopic (exact) mass is 268 g/mol. The predicted molar refractivity (Wildman–Crippen MR) is 63.9 cm³/mol. The number of hydrogen-bond donors (Lipinski definition) is 1. The van der Waals surface area contributed by atoms with Gasteiger partial charge in [-0.25, -0.2) is 4.79 Å². The molecule has 1 aliphatic heterocycles. The van der Waals surface area contributed by atoms with Crippen molar-refractivity contribution in [1.29, 1.82) is 0 Å². The van der Waals surface area contributed by atoms with Gasteiger partial charge in [0.2, 0.25) is 5.76 Å². The van der Waals surface area contributed by atoms with Crippen molar-refractivity contribution in [1.82, 2.24) is 10.1 Å². The molecule has 19 heavy (non-hydrogen) atoms. The second-order valence-electron chi connectivity index (χ2n) is 4.72. The molecule has 7 heteroatoms. The van der Waals surface area contributed by atoms with Crippen molar-refractivity contribution in [3.05, 3.63) is 11.8 Å². The lowest BCUT2D eigenvalue weighted by Crippen LogP contribution is -2.49. The van der Waals surface area contributed by atoms with Gasteiger partial charge in [0.05, 0.1) is 13.2 Å². The summed E-state index contributed by atoms with van der Waals surface area (Å²) in [5, 5.41) is 12.8. The molecule has 0 bridgehead atoms. The van der Waals surface area contributed by atoms with Gasteiger partial charge in [-0.3, -0.25) is 4.79 Å². The maximum atomic E-state index is 12.2. The van der Waals surface area contributed by atoms with E-state index in [1.165, 1.54) is 18.1 Å². The van der Waals surface area contributed by atoms with E-state index >= 15 is 0 Å². The van der Waals surface area contributed by atoms with Crippen molar-refractivity contribution in [2.75, 3.05) is 13.7 Å². The van der Waals surface area contributed by atoms with Gasteiger partial charge in [-0.2, -0.15) is 0 Å². The van der Waals surface area contributed by atoms with Crippen molar-refractivity contribution in [3.8, 4) is 5.88 Å². The number of carbonyl (C=O) groups is 2. The Kier molecular flexibility index (Phi) is 3.73. The molecule has 0 saturated carbocycles. The quantitative estimate of drug-likeness (QED) is 0.879. The summed E-state index contributed by atoms with van der Waals surface area (Å²) in [4.78, 5) is 24.8. The smallest absolute Gasteiger partial charge is 0.326 e. The van der Waals surface area contributed by atoms with Gasteiger partial charge < -0.3 is 19.3 Å². The number of hydrogen-bond acceptors (Lipinski definition) is 5. The molecule has 7 nitrogen and oxygen atoms in total. The number of methoxy groups -OCH3 is 1. The molecule has 0 aromatic carbocycles. The zero-order valence-corrected chi connectivity index (χ0v) is 10.8. The minimum Gasteiger partial charge on any atom is -0.480 e. The predicted octanol–water partition coefficient (Wildman–Crippen LogP) is 1.01. The molecular weight excluding hydrogens is 252 g/mol. The third kappa shape index (κ3) is 2.69. The number of carboxylic acids is 1. The zero-order valence-electron chi connectivity index (χ0n) is 10.8. The number of aliphatic carboxylic acids is 1. The highest BCUT2D eigenvalue weighted by atomic mass is 16.5. The highest BCUT2D eigenvalue weighted by Gasteiger charge is 2.36. The highest BCUT2D eigenvalue weighted by Crippen LogP contribution is 2.25. The Labute approximate surface area is 110 Å². The minimum absolute atomic E-state index is 0.00217. The van der Waals surface area contributed by atoms with Crippen molar-refractivity contribution in [2.24, 2.45) is 5.92 Å². The van der Waals surface area contributed by atoms with Crippen LogP contribution >= 0.6 is 0 Å². The fourth-order valence-corrected chi connectivity index (χ4v) is 2.22. The van der Waals surface area contributed by atoms with Gasteiger partial charge in [0.15, 0.2) is 0 Å². The number of rotatable bonds is 3. The van der Waals surface area contributed by atoms with E-state index in [0.717, 1.165) is 6.42 Å². The first-order chi connectivity index (χ1) is 9.02.